The summed E-state index contributed by atoms with van der Waals surface area (Å²) in [6, 6.07) is 0. The Kier molecular flexibility index (Phi) is 83.0. The summed E-state index contributed by atoms with van der Waals surface area (Å²) in [5.74, 6) is -1.35. The summed E-state index contributed by atoms with van der Waals surface area (Å²) in [6.07, 6.45) is 80.7. The molecule has 0 saturated carbocycles. The van der Waals surface area contributed by atoms with E-state index in [0.29, 0.717) is 25.7 Å². The summed E-state index contributed by atoms with van der Waals surface area (Å²) < 4.78 is 69.1. The van der Waals surface area contributed by atoms with Gasteiger partial charge in [-0.15, -0.1) is 0 Å². The largest absolute Gasteiger partial charge is 0.472 e. The van der Waals surface area contributed by atoms with E-state index in [1.54, 1.807) is 0 Å². The average Bonchev–Trinajstić information content (AvgIpc) is 0.917. The van der Waals surface area contributed by atoms with Gasteiger partial charge in [-0.3, -0.25) is 37.3 Å². The van der Waals surface area contributed by atoms with E-state index in [2.05, 4.69) is 34.6 Å². The summed E-state index contributed by atoms with van der Waals surface area (Å²) >= 11 is 0. The number of aliphatic hydroxyl groups is 1. The van der Waals surface area contributed by atoms with Crippen LogP contribution in [0.4, 0.5) is 0 Å². The predicted octanol–water partition coefficient (Wildman–Crippen LogP) is 28.7. The Hall–Kier alpha value is -1.94. The molecule has 660 valence electrons. The number of carbonyl (C=O) groups excluding carboxylic acids is 4. The maximum Gasteiger partial charge on any atom is 0.472 e. The Balaban J connectivity index is 5.24. The van der Waals surface area contributed by atoms with Gasteiger partial charge in [-0.05, 0) is 31.6 Å². The second-order valence-corrected chi connectivity index (χ2v) is 36.4. The van der Waals surface area contributed by atoms with E-state index in [-0.39, 0.29) is 25.7 Å². The third kappa shape index (κ3) is 85.8. The molecule has 5 atom stereocenters. The molecule has 0 heterocycles. The molecule has 0 spiro atoms. The number of phosphoric acid groups is 2. The van der Waals surface area contributed by atoms with Crippen LogP contribution in [0.3, 0.4) is 0 Å². The number of ether oxygens (including phenoxy) is 4. The first kappa shape index (κ1) is 109. The molecule has 0 rings (SSSR count). The monoisotopic (exact) mass is 1620 g/mol. The van der Waals surface area contributed by atoms with Crippen LogP contribution >= 0.6 is 15.6 Å². The first-order valence-electron chi connectivity index (χ1n) is 47.6. The number of unbranched alkanes of at least 4 members (excludes halogenated alkanes) is 64. The van der Waals surface area contributed by atoms with E-state index in [1.165, 1.54) is 327 Å². The summed E-state index contributed by atoms with van der Waals surface area (Å²) in [7, 11) is -9.94. The summed E-state index contributed by atoms with van der Waals surface area (Å²) in [4.78, 5) is 73.5. The molecular formula is C92H180O17P2. The van der Waals surface area contributed by atoms with Crippen molar-refractivity contribution >= 4 is 39.5 Å². The number of carbonyl (C=O) groups is 4. The van der Waals surface area contributed by atoms with Gasteiger partial charge in [0.2, 0.25) is 0 Å². The van der Waals surface area contributed by atoms with Gasteiger partial charge in [0.05, 0.1) is 26.4 Å². The van der Waals surface area contributed by atoms with E-state index in [1.807, 2.05) is 0 Å². The molecule has 0 aliphatic carbocycles. The third-order valence-corrected chi connectivity index (χ3v) is 23.7. The Morgan fingerprint density at radius 2 is 0.414 bits per heavy atom. The Morgan fingerprint density at radius 1 is 0.243 bits per heavy atom. The normalized spacial score (nSPS) is 13.7. The Bertz CT molecular complexity index is 2100. The maximum atomic E-state index is 13.2. The van der Waals surface area contributed by atoms with Crippen molar-refractivity contribution in [2.45, 2.75) is 522 Å². The number of rotatable bonds is 92. The fraction of sp³-hybridized carbons (Fsp3) is 0.957. The fourth-order valence-corrected chi connectivity index (χ4v) is 16.1. The molecule has 0 aromatic carbocycles. The highest BCUT2D eigenvalue weighted by atomic mass is 31.2. The number of phosphoric ester groups is 2. The minimum Gasteiger partial charge on any atom is -0.462 e. The second-order valence-electron chi connectivity index (χ2n) is 33.5. The van der Waals surface area contributed by atoms with Gasteiger partial charge < -0.3 is 33.8 Å². The van der Waals surface area contributed by atoms with Gasteiger partial charge in [0.25, 0.3) is 0 Å². The van der Waals surface area contributed by atoms with Gasteiger partial charge in [0, 0.05) is 25.7 Å². The summed E-state index contributed by atoms with van der Waals surface area (Å²) in [5, 5.41) is 10.7. The lowest BCUT2D eigenvalue weighted by molar-refractivity contribution is -0.161. The summed E-state index contributed by atoms with van der Waals surface area (Å²) in [5.41, 5.74) is 0. The van der Waals surface area contributed by atoms with E-state index < -0.39 is 97.5 Å². The lowest BCUT2D eigenvalue weighted by Gasteiger charge is -2.21. The first-order valence-corrected chi connectivity index (χ1v) is 50.6. The van der Waals surface area contributed by atoms with Crippen LogP contribution in [-0.4, -0.2) is 96.7 Å². The number of aliphatic hydroxyl groups excluding tert-OH is 1. The minimum absolute atomic E-state index is 0.109. The lowest BCUT2D eigenvalue weighted by Crippen LogP contribution is -2.30. The van der Waals surface area contributed by atoms with Gasteiger partial charge in [0.15, 0.2) is 12.2 Å². The molecule has 0 aliphatic rings. The van der Waals surface area contributed by atoms with Crippen LogP contribution in [0.15, 0.2) is 0 Å². The van der Waals surface area contributed by atoms with Crippen molar-refractivity contribution in [3.05, 3.63) is 0 Å². The molecule has 0 radical (unpaired) electrons. The van der Waals surface area contributed by atoms with Crippen LogP contribution in [0.5, 0.6) is 0 Å². The van der Waals surface area contributed by atoms with Crippen molar-refractivity contribution in [2.75, 3.05) is 39.6 Å². The van der Waals surface area contributed by atoms with Crippen LogP contribution in [-0.2, 0) is 65.4 Å². The molecule has 19 heteroatoms. The van der Waals surface area contributed by atoms with Crippen LogP contribution in [0.2, 0.25) is 0 Å². The highest BCUT2D eigenvalue weighted by Gasteiger charge is 2.31. The standard InChI is InChI=1S/C92H180O17P2/c1-6-9-12-15-18-21-24-27-30-33-36-37-38-40-43-46-49-52-57-63-68-73-77-91(96)108-87(81-102-89(94)75-70-65-60-55-50-47-44-42-39-34-31-28-25-22-19-16-13-10-7-2)83-106-110(98,99)104-79-86(93)80-105-111(100,101)107-84-88(82-103-90(95)76-71-66-61-58-53-54-59-64-69-74-85(4)5)109-92(97)78-72-67-62-56-51-48-45-41-35-32-29-26-23-20-17-14-11-8-3/h85-88,93H,6-84H2,1-5H3,(H,98,99)(H,100,101)/t86-,87-,88-/m1/s1. The fourth-order valence-electron chi connectivity index (χ4n) is 14.5. The van der Waals surface area contributed by atoms with Crippen LogP contribution in [0, 0.1) is 5.92 Å². The molecule has 0 bridgehead atoms. The Morgan fingerprint density at radius 3 is 0.613 bits per heavy atom. The van der Waals surface area contributed by atoms with Gasteiger partial charge >= 0.3 is 39.5 Å². The maximum absolute atomic E-state index is 13.2. The minimum atomic E-state index is -4.97. The van der Waals surface area contributed by atoms with Crippen LogP contribution in [0.1, 0.15) is 503 Å². The molecule has 0 amide bonds. The number of esters is 4. The van der Waals surface area contributed by atoms with Crippen LogP contribution in [0.25, 0.3) is 0 Å². The molecule has 0 fully saturated rings. The zero-order valence-electron chi connectivity index (χ0n) is 73.1. The lowest BCUT2D eigenvalue weighted by atomic mass is 10.0. The molecule has 111 heavy (non-hydrogen) atoms. The quantitative estimate of drug-likeness (QED) is 0.0222. The highest BCUT2D eigenvalue weighted by molar-refractivity contribution is 7.47. The number of hydrogen-bond donors (Lipinski definition) is 3. The molecule has 0 aliphatic heterocycles. The first-order chi connectivity index (χ1) is 54.0. The van der Waals surface area contributed by atoms with Crippen molar-refractivity contribution in [3.63, 3.8) is 0 Å². The topological polar surface area (TPSA) is 237 Å². The van der Waals surface area contributed by atoms with Crippen molar-refractivity contribution in [1.29, 1.82) is 0 Å². The van der Waals surface area contributed by atoms with Crippen molar-refractivity contribution < 1.29 is 80.2 Å². The molecule has 2 unspecified atom stereocenters. The Labute approximate surface area is 683 Å². The van der Waals surface area contributed by atoms with Crippen molar-refractivity contribution in [1.82, 2.24) is 0 Å². The van der Waals surface area contributed by atoms with E-state index in [0.717, 1.165) is 95.8 Å². The average molecular weight is 1620 g/mol. The molecule has 0 saturated heterocycles. The van der Waals surface area contributed by atoms with Crippen molar-refractivity contribution in [3.8, 4) is 0 Å². The van der Waals surface area contributed by atoms with Gasteiger partial charge in [0.1, 0.15) is 19.3 Å². The van der Waals surface area contributed by atoms with Gasteiger partial charge in [-0.2, -0.15) is 0 Å². The smallest absolute Gasteiger partial charge is 0.462 e. The molecule has 17 nitrogen and oxygen atoms in total. The van der Waals surface area contributed by atoms with E-state index >= 15 is 0 Å². The SMILES string of the molecule is CCCCCCCCCCCCCCCCCCCCCCCCC(=O)O[C@H](COC(=O)CCCCCCCCCCCCCCCCCCCCC)COP(=O)(O)OC[C@@H](O)COP(=O)(O)OC[C@@H](COC(=O)CCCCCCCCCCCC(C)C)OC(=O)CCCCCCCCCCCCCCCCCCCC. The molecule has 3 N–H and O–H groups in total. The summed E-state index contributed by atoms with van der Waals surface area (Å²) in [6.45, 7) is 7.38. The van der Waals surface area contributed by atoms with Crippen LogP contribution < -0.4 is 0 Å². The van der Waals surface area contributed by atoms with Crippen molar-refractivity contribution in [2.24, 2.45) is 5.92 Å². The second kappa shape index (κ2) is 84.5. The third-order valence-electron chi connectivity index (χ3n) is 21.8. The van der Waals surface area contributed by atoms with E-state index in [9.17, 15) is 43.2 Å². The zero-order valence-corrected chi connectivity index (χ0v) is 74.9. The van der Waals surface area contributed by atoms with E-state index in [4.69, 9.17) is 37.0 Å². The zero-order chi connectivity index (χ0) is 81.1. The number of hydrogen-bond acceptors (Lipinski definition) is 15. The molecule has 0 aromatic rings. The van der Waals surface area contributed by atoms with Gasteiger partial charge in [-0.1, -0.05) is 452 Å². The molecular weight excluding hydrogens is 1440 g/mol. The molecule has 0 aromatic heterocycles. The van der Waals surface area contributed by atoms with Gasteiger partial charge in [-0.25, -0.2) is 9.13 Å². The highest BCUT2D eigenvalue weighted by Crippen LogP contribution is 2.45. The predicted molar refractivity (Wildman–Crippen MR) is 460 cm³/mol.